The second-order valence-corrected chi connectivity index (χ2v) is 5.59. The molecule has 0 radical (unpaired) electrons. The van der Waals surface area contributed by atoms with E-state index < -0.39 is 0 Å². The Morgan fingerprint density at radius 3 is 2.61 bits per heavy atom. The van der Waals surface area contributed by atoms with Crippen LogP contribution in [-0.2, 0) is 9.53 Å². The van der Waals surface area contributed by atoms with Gasteiger partial charge in [-0.15, -0.1) is 0 Å². The predicted molar refractivity (Wildman–Crippen MR) is 74.4 cm³/mol. The lowest BCUT2D eigenvalue weighted by atomic mass is 9.86. The van der Waals surface area contributed by atoms with Crippen LogP contribution in [0.4, 0.5) is 0 Å². The van der Waals surface area contributed by atoms with Crippen molar-refractivity contribution >= 4 is 5.97 Å². The Labute approximate surface area is 111 Å². The average Bonchev–Trinajstić information content (AvgIpc) is 2.35. The molecule has 3 nitrogen and oxygen atoms in total. The van der Waals surface area contributed by atoms with Gasteiger partial charge in [-0.25, -0.2) is 4.79 Å². The van der Waals surface area contributed by atoms with E-state index in [1.54, 1.807) is 0 Å². The van der Waals surface area contributed by atoms with Crippen molar-refractivity contribution in [1.82, 2.24) is 4.90 Å². The Morgan fingerprint density at radius 1 is 1.39 bits per heavy atom. The van der Waals surface area contributed by atoms with Crippen molar-refractivity contribution in [2.45, 2.75) is 46.6 Å². The summed E-state index contributed by atoms with van der Waals surface area (Å²) >= 11 is 0. The molecule has 0 aromatic carbocycles. The largest absolute Gasteiger partial charge is 0.466 e. The van der Waals surface area contributed by atoms with E-state index in [0.717, 1.165) is 36.9 Å². The zero-order valence-electron chi connectivity index (χ0n) is 12.4. The molecule has 0 aliphatic carbocycles. The van der Waals surface area contributed by atoms with E-state index in [4.69, 9.17) is 4.74 Å². The zero-order chi connectivity index (χ0) is 13.7. The minimum Gasteiger partial charge on any atom is -0.466 e. The van der Waals surface area contributed by atoms with E-state index in [9.17, 15) is 4.79 Å². The number of hydrogen-bond acceptors (Lipinski definition) is 3. The van der Waals surface area contributed by atoms with Crippen LogP contribution in [0.15, 0.2) is 11.6 Å². The quantitative estimate of drug-likeness (QED) is 0.570. The van der Waals surface area contributed by atoms with E-state index in [2.05, 4.69) is 25.7 Å². The standard InChI is InChI=1S/C15H27NO2/c1-6-14(15(17)18-5)7-8-16-10-11(2)9-12(3)13(16)4/h7,11-13H,6,8-10H2,1-5H3. The summed E-state index contributed by atoms with van der Waals surface area (Å²) in [6.45, 7) is 10.9. The Morgan fingerprint density at radius 2 is 2.06 bits per heavy atom. The first-order valence-corrected chi connectivity index (χ1v) is 7.00. The van der Waals surface area contributed by atoms with Gasteiger partial charge < -0.3 is 4.74 Å². The molecule has 1 aliphatic rings. The fourth-order valence-electron chi connectivity index (χ4n) is 2.80. The smallest absolute Gasteiger partial charge is 0.333 e. The minimum atomic E-state index is -0.191. The highest BCUT2D eigenvalue weighted by Gasteiger charge is 2.27. The third-order valence-corrected chi connectivity index (χ3v) is 4.12. The summed E-state index contributed by atoms with van der Waals surface area (Å²) in [4.78, 5) is 14.0. The van der Waals surface area contributed by atoms with Crippen LogP contribution >= 0.6 is 0 Å². The molecule has 0 aromatic rings. The Kier molecular flexibility index (Phi) is 5.86. The molecule has 3 atom stereocenters. The number of likely N-dealkylation sites (tertiary alicyclic amines) is 1. The molecule has 1 heterocycles. The van der Waals surface area contributed by atoms with Gasteiger partial charge in [0.05, 0.1) is 7.11 Å². The predicted octanol–water partition coefficient (Wildman–Crippen LogP) is 2.86. The fourth-order valence-corrected chi connectivity index (χ4v) is 2.80. The highest BCUT2D eigenvalue weighted by Crippen LogP contribution is 2.26. The van der Waals surface area contributed by atoms with Gasteiger partial charge in [0.2, 0.25) is 0 Å². The van der Waals surface area contributed by atoms with Crippen LogP contribution in [0, 0.1) is 11.8 Å². The highest BCUT2D eigenvalue weighted by atomic mass is 16.5. The summed E-state index contributed by atoms with van der Waals surface area (Å²) in [6, 6.07) is 0.591. The number of carbonyl (C=O) groups is 1. The Hall–Kier alpha value is -0.830. The summed E-state index contributed by atoms with van der Waals surface area (Å²) in [7, 11) is 1.44. The van der Waals surface area contributed by atoms with E-state index in [0.29, 0.717) is 6.04 Å². The van der Waals surface area contributed by atoms with Crippen LogP contribution in [0.1, 0.15) is 40.5 Å². The molecule has 104 valence electrons. The topological polar surface area (TPSA) is 29.5 Å². The van der Waals surface area contributed by atoms with Crippen LogP contribution in [-0.4, -0.2) is 37.1 Å². The molecular formula is C15H27NO2. The van der Waals surface area contributed by atoms with Gasteiger partial charge in [-0.3, -0.25) is 4.90 Å². The number of piperidine rings is 1. The van der Waals surface area contributed by atoms with E-state index in [-0.39, 0.29) is 5.97 Å². The monoisotopic (exact) mass is 253 g/mol. The number of carbonyl (C=O) groups excluding carboxylic acids is 1. The first kappa shape index (κ1) is 15.2. The summed E-state index contributed by atoms with van der Waals surface area (Å²) < 4.78 is 4.79. The SMILES string of the molecule is CCC(=CCN1CC(C)CC(C)C1C)C(=O)OC. The molecule has 0 aromatic heterocycles. The third kappa shape index (κ3) is 3.84. The molecule has 1 aliphatic heterocycles. The molecule has 18 heavy (non-hydrogen) atoms. The van der Waals surface area contributed by atoms with Gasteiger partial charge in [-0.05, 0) is 31.6 Å². The zero-order valence-corrected chi connectivity index (χ0v) is 12.4. The lowest BCUT2D eigenvalue weighted by Crippen LogP contribution is -2.45. The first-order chi connectivity index (χ1) is 8.49. The summed E-state index contributed by atoms with van der Waals surface area (Å²) in [5, 5.41) is 0. The molecule has 0 N–H and O–H groups in total. The summed E-state index contributed by atoms with van der Waals surface area (Å²) in [6.07, 6.45) is 4.08. The van der Waals surface area contributed by atoms with Gasteiger partial charge in [0.1, 0.15) is 0 Å². The number of ether oxygens (including phenoxy) is 1. The van der Waals surface area contributed by atoms with Crippen LogP contribution in [0.5, 0.6) is 0 Å². The number of nitrogens with zero attached hydrogens (tertiary/aromatic N) is 1. The van der Waals surface area contributed by atoms with Crippen molar-refractivity contribution in [3.63, 3.8) is 0 Å². The maximum atomic E-state index is 11.5. The van der Waals surface area contributed by atoms with Gasteiger partial charge in [-0.2, -0.15) is 0 Å². The van der Waals surface area contributed by atoms with Crippen molar-refractivity contribution in [2.24, 2.45) is 11.8 Å². The van der Waals surface area contributed by atoms with Gasteiger partial charge in [-0.1, -0.05) is 26.8 Å². The summed E-state index contributed by atoms with van der Waals surface area (Å²) in [5.41, 5.74) is 0.788. The van der Waals surface area contributed by atoms with E-state index in [1.165, 1.54) is 13.5 Å². The molecule has 3 unspecified atom stereocenters. The number of rotatable bonds is 4. The fraction of sp³-hybridized carbons (Fsp3) is 0.800. The molecule has 3 heteroatoms. The van der Waals surface area contributed by atoms with Gasteiger partial charge in [0.25, 0.3) is 0 Å². The molecular weight excluding hydrogens is 226 g/mol. The van der Waals surface area contributed by atoms with Crippen molar-refractivity contribution in [3.05, 3.63) is 11.6 Å². The van der Waals surface area contributed by atoms with Gasteiger partial charge >= 0.3 is 5.97 Å². The lowest BCUT2D eigenvalue weighted by molar-refractivity contribution is -0.136. The third-order valence-electron chi connectivity index (χ3n) is 4.12. The van der Waals surface area contributed by atoms with Crippen LogP contribution in [0.2, 0.25) is 0 Å². The molecule has 0 spiro atoms. The van der Waals surface area contributed by atoms with Gasteiger partial charge in [0.15, 0.2) is 0 Å². The molecule has 0 saturated carbocycles. The van der Waals surface area contributed by atoms with Gasteiger partial charge in [0, 0.05) is 24.7 Å². The lowest BCUT2D eigenvalue weighted by Gasteiger charge is -2.40. The van der Waals surface area contributed by atoms with Crippen LogP contribution < -0.4 is 0 Å². The maximum Gasteiger partial charge on any atom is 0.333 e. The molecule has 0 bridgehead atoms. The summed E-state index contributed by atoms with van der Waals surface area (Å²) in [5.74, 6) is 1.28. The van der Waals surface area contributed by atoms with E-state index >= 15 is 0 Å². The molecule has 0 amide bonds. The second-order valence-electron chi connectivity index (χ2n) is 5.59. The van der Waals surface area contributed by atoms with Crippen molar-refractivity contribution in [3.8, 4) is 0 Å². The number of esters is 1. The van der Waals surface area contributed by atoms with Crippen LogP contribution in [0.25, 0.3) is 0 Å². The highest BCUT2D eigenvalue weighted by molar-refractivity contribution is 5.88. The normalized spacial score (nSPS) is 30.3. The molecule has 1 saturated heterocycles. The van der Waals surface area contributed by atoms with Crippen molar-refractivity contribution in [1.29, 1.82) is 0 Å². The second kappa shape index (κ2) is 6.93. The first-order valence-electron chi connectivity index (χ1n) is 7.00. The number of methoxy groups -OCH3 is 1. The maximum absolute atomic E-state index is 11.5. The van der Waals surface area contributed by atoms with E-state index in [1.807, 2.05) is 13.0 Å². The molecule has 1 rings (SSSR count). The molecule has 1 fully saturated rings. The minimum absolute atomic E-state index is 0.191. The average molecular weight is 253 g/mol. The Balaban J connectivity index is 2.65. The Bertz CT molecular complexity index is 312. The van der Waals surface area contributed by atoms with Crippen molar-refractivity contribution < 1.29 is 9.53 Å². The van der Waals surface area contributed by atoms with Crippen molar-refractivity contribution in [2.75, 3.05) is 20.2 Å². The number of hydrogen-bond donors (Lipinski definition) is 0. The van der Waals surface area contributed by atoms with Crippen LogP contribution in [0.3, 0.4) is 0 Å².